The molecule has 0 aromatic carbocycles. The van der Waals surface area contributed by atoms with E-state index in [4.69, 9.17) is 0 Å². The Morgan fingerprint density at radius 1 is 1.29 bits per heavy atom. The monoisotopic (exact) mass is 284 g/mol. The molecule has 14 heavy (non-hydrogen) atoms. The Bertz CT molecular complexity index is 235. The van der Waals surface area contributed by atoms with E-state index < -0.39 is 9.84 Å². The van der Waals surface area contributed by atoms with Crippen LogP contribution in [0.3, 0.4) is 0 Å². The van der Waals surface area contributed by atoms with Crippen molar-refractivity contribution in [1.29, 1.82) is 0 Å². The summed E-state index contributed by atoms with van der Waals surface area (Å²) in [5.74, 6) is 1.27. The molecule has 86 valence electrons. The Hall–Kier alpha value is 0.430. The number of rotatable bonds is 7. The van der Waals surface area contributed by atoms with Crippen molar-refractivity contribution in [3.8, 4) is 0 Å². The minimum atomic E-state index is -2.76. The van der Waals surface area contributed by atoms with Crippen LogP contribution in [0.4, 0.5) is 0 Å². The molecule has 0 fully saturated rings. The highest BCUT2D eigenvalue weighted by Crippen LogP contribution is 2.18. The van der Waals surface area contributed by atoms with Crippen molar-refractivity contribution in [2.45, 2.75) is 44.9 Å². The van der Waals surface area contributed by atoms with Crippen molar-refractivity contribution in [1.82, 2.24) is 0 Å². The fraction of sp³-hybridized carbons (Fsp3) is 1.00. The fourth-order valence-corrected chi connectivity index (χ4v) is 3.26. The maximum Gasteiger partial charge on any atom is 0.150 e. The van der Waals surface area contributed by atoms with Gasteiger partial charge in [0.1, 0.15) is 9.84 Å². The average Bonchev–Trinajstić information content (AvgIpc) is 2.02. The van der Waals surface area contributed by atoms with Gasteiger partial charge in [0.25, 0.3) is 0 Å². The van der Waals surface area contributed by atoms with Crippen LogP contribution in [0.25, 0.3) is 0 Å². The lowest BCUT2D eigenvalue weighted by atomic mass is 10.1. The fourth-order valence-electron chi connectivity index (χ4n) is 1.30. The quantitative estimate of drug-likeness (QED) is 0.674. The maximum atomic E-state index is 11.2. The number of hydrogen-bond donors (Lipinski definition) is 0. The number of halogens is 1. The standard InChI is InChI=1S/C10H21BrO2S/c1-4-14(12,13)7-5-6-10(11)8-9(2)3/h9-10H,4-8H2,1-3H3. The van der Waals surface area contributed by atoms with Gasteiger partial charge < -0.3 is 0 Å². The van der Waals surface area contributed by atoms with Crippen LogP contribution >= 0.6 is 15.9 Å². The van der Waals surface area contributed by atoms with Gasteiger partial charge in [0.15, 0.2) is 0 Å². The van der Waals surface area contributed by atoms with Crippen LogP contribution in [0, 0.1) is 5.92 Å². The van der Waals surface area contributed by atoms with Gasteiger partial charge in [0, 0.05) is 10.6 Å². The first kappa shape index (κ1) is 14.4. The molecule has 2 nitrogen and oxygen atoms in total. The number of sulfone groups is 1. The first-order chi connectivity index (χ1) is 6.37. The van der Waals surface area contributed by atoms with Crippen LogP contribution in [0.1, 0.15) is 40.0 Å². The summed E-state index contributed by atoms with van der Waals surface area (Å²) in [6.45, 7) is 6.06. The Kier molecular flexibility index (Phi) is 7.04. The normalized spacial score (nSPS) is 14.6. The summed E-state index contributed by atoms with van der Waals surface area (Å²) in [6, 6.07) is 0. The highest BCUT2D eigenvalue weighted by atomic mass is 79.9. The van der Waals surface area contributed by atoms with Crippen molar-refractivity contribution >= 4 is 25.8 Å². The van der Waals surface area contributed by atoms with Gasteiger partial charge in [-0.1, -0.05) is 36.7 Å². The largest absolute Gasteiger partial charge is 0.229 e. The third kappa shape index (κ3) is 7.80. The minimum absolute atomic E-state index is 0.268. The van der Waals surface area contributed by atoms with E-state index in [2.05, 4.69) is 29.8 Å². The first-order valence-corrected chi connectivity index (χ1v) is 7.95. The van der Waals surface area contributed by atoms with E-state index in [1.807, 2.05) is 0 Å². The highest BCUT2D eigenvalue weighted by molar-refractivity contribution is 9.09. The van der Waals surface area contributed by atoms with Crippen LogP contribution in [0.5, 0.6) is 0 Å². The van der Waals surface area contributed by atoms with Gasteiger partial charge >= 0.3 is 0 Å². The molecule has 1 unspecified atom stereocenters. The second-order valence-electron chi connectivity index (χ2n) is 4.11. The van der Waals surface area contributed by atoms with Gasteiger partial charge in [-0.3, -0.25) is 0 Å². The molecule has 0 rings (SSSR count). The van der Waals surface area contributed by atoms with E-state index in [1.54, 1.807) is 6.92 Å². The van der Waals surface area contributed by atoms with Gasteiger partial charge in [-0.15, -0.1) is 0 Å². The molecule has 0 spiro atoms. The smallest absolute Gasteiger partial charge is 0.150 e. The summed E-state index contributed by atoms with van der Waals surface area (Å²) in [6.07, 6.45) is 2.85. The molecule has 0 saturated heterocycles. The summed E-state index contributed by atoms with van der Waals surface area (Å²) in [4.78, 5) is 0.467. The van der Waals surface area contributed by atoms with E-state index in [1.165, 1.54) is 0 Å². The van der Waals surface area contributed by atoms with Crippen LogP contribution in [0.2, 0.25) is 0 Å². The minimum Gasteiger partial charge on any atom is -0.229 e. The summed E-state index contributed by atoms with van der Waals surface area (Å²) in [5.41, 5.74) is 0. The second kappa shape index (κ2) is 6.83. The zero-order chi connectivity index (χ0) is 11.2. The third-order valence-electron chi connectivity index (χ3n) is 2.14. The van der Waals surface area contributed by atoms with Gasteiger partial charge in [-0.05, 0) is 25.2 Å². The Balaban J connectivity index is 3.64. The van der Waals surface area contributed by atoms with Crippen LogP contribution in [0.15, 0.2) is 0 Å². The topological polar surface area (TPSA) is 34.1 Å². The SMILES string of the molecule is CCS(=O)(=O)CCCC(Br)CC(C)C. The molecule has 0 amide bonds. The highest BCUT2D eigenvalue weighted by Gasteiger charge is 2.10. The Labute approximate surface area is 96.5 Å². The molecular formula is C10H21BrO2S. The lowest BCUT2D eigenvalue weighted by molar-refractivity contribution is 0.547. The molecule has 0 heterocycles. The molecule has 0 bridgehead atoms. The molecule has 1 atom stereocenters. The van der Waals surface area contributed by atoms with Gasteiger partial charge in [-0.25, -0.2) is 8.42 Å². The average molecular weight is 285 g/mol. The zero-order valence-electron chi connectivity index (χ0n) is 9.29. The Morgan fingerprint density at radius 3 is 2.29 bits per heavy atom. The lowest BCUT2D eigenvalue weighted by Crippen LogP contribution is -2.11. The van der Waals surface area contributed by atoms with Crippen molar-refractivity contribution in [3.05, 3.63) is 0 Å². The summed E-state index contributed by atoms with van der Waals surface area (Å²) >= 11 is 3.57. The van der Waals surface area contributed by atoms with E-state index in [9.17, 15) is 8.42 Å². The predicted molar refractivity (Wildman–Crippen MR) is 65.7 cm³/mol. The molecule has 0 aliphatic rings. The van der Waals surface area contributed by atoms with Crippen molar-refractivity contribution < 1.29 is 8.42 Å². The third-order valence-corrected chi connectivity index (χ3v) is 4.76. The zero-order valence-corrected chi connectivity index (χ0v) is 11.7. The molecule has 0 aromatic heterocycles. The van der Waals surface area contributed by atoms with Crippen LogP contribution in [-0.4, -0.2) is 24.8 Å². The molecule has 0 aliphatic carbocycles. The van der Waals surface area contributed by atoms with Gasteiger partial charge in [0.2, 0.25) is 0 Å². The number of hydrogen-bond acceptors (Lipinski definition) is 2. The van der Waals surface area contributed by atoms with E-state index in [0.717, 1.165) is 19.3 Å². The molecule has 4 heteroatoms. The summed E-state index contributed by atoms with van der Waals surface area (Å²) in [5, 5.41) is 0. The Morgan fingerprint density at radius 2 is 1.86 bits per heavy atom. The number of alkyl halides is 1. The molecule has 0 N–H and O–H groups in total. The summed E-state index contributed by atoms with van der Waals surface area (Å²) < 4.78 is 22.4. The molecular weight excluding hydrogens is 264 g/mol. The lowest BCUT2D eigenvalue weighted by Gasteiger charge is -2.11. The van der Waals surface area contributed by atoms with E-state index in [0.29, 0.717) is 16.5 Å². The van der Waals surface area contributed by atoms with Crippen LogP contribution < -0.4 is 0 Å². The molecule has 0 saturated carbocycles. The second-order valence-corrected chi connectivity index (χ2v) is 7.87. The van der Waals surface area contributed by atoms with Crippen molar-refractivity contribution in [2.24, 2.45) is 5.92 Å². The van der Waals surface area contributed by atoms with Crippen molar-refractivity contribution in [3.63, 3.8) is 0 Å². The van der Waals surface area contributed by atoms with Gasteiger partial charge in [0.05, 0.1) is 5.75 Å². The van der Waals surface area contributed by atoms with E-state index >= 15 is 0 Å². The molecule has 0 aliphatic heterocycles. The molecule has 0 aromatic rings. The maximum absolute atomic E-state index is 11.2. The van der Waals surface area contributed by atoms with Crippen LogP contribution in [-0.2, 0) is 9.84 Å². The molecule has 0 radical (unpaired) electrons. The predicted octanol–water partition coefficient (Wildman–Crippen LogP) is 3.01. The first-order valence-electron chi connectivity index (χ1n) is 5.22. The van der Waals surface area contributed by atoms with Crippen molar-refractivity contribution in [2.75, 3.05) is 11.5 Å². The summed E-state index contributed by atoms with van der Waals surface area (Å²) in [7, 11) is -2.76. The van der Waals surface area contributed by atoms with E-state index in [-0.39, 0.29) is 5.75 Å². The van der Waals surface area contributed by atoms with Gasteiger partial charge in [-0.2, -0.15) is 0 Å².